The molecule has 1 fully saturated rings. The zero-order valence-electron chi connectivity index (χ0n) is 15.1. The minimum absolute atomic E-state index is 0.126. The molecular formula is C21H25N3O2. The zero-order valence-corrected chi connectivity index (χ0v) is 15.1. The summed E-state index contributed by atoms with van der Waals surface area (Å²) in [6, 6.07) is 13.4. The van der Waals surface area contributed by atoms with Gasteiger partial charge in [-0.05, 0) is 37.5 Å². The van der Waals surface area contributed by atoms with Crippen LogP contribution in [0.2, 0.25) is 0 Å². The Labute approximate surface area is 154 Å². The van der Waals surface area contributed by atoms with E-state index < -0.39 is 0 Å². The van der Waals surface area contributed by atoms with Gasteiger partial charge in [0, 0.05) is 30.9 Å². The molecule has 2 aromatic rings. The second-order valence-corrected chi connectivity index (χ2v) is 6.69. The molecule has 5 nitrogen and oxygen atoms in total. The normalized spacial score (nSPS) is 14.2. The fraction of sp³-hybridized carbons (Fsp3) is 0.381. The number of carbonyl (C=O) groups is 2. The minimum Gasteiger partial charge on any atom is -0.349 e. The SMILES string of the molecule is CCN(Cc1ccccc1)C(=O)c1cc(C(=O)NC2CCCC2)ccn1. The Morgan fingerprint density at radius 3 is 2.58 bits per heavy atom. The molecule has 2 amide bonds. The van der Waals surface area contributed by atoms with E-state index in [0.717, 1.165) is 31.2 Å². The highest BCUT2D eigenvalue weighted by atomic mass is 16.2. The highest BCUT2D eigenvalue weighted by Gasteiger charge is 2.20. The van der Waals surface area contributed by atoms with Gasteiger partial charge in [0.05, 0.1) is 0 Å². The first kappa shape index (κ1) is 18.1. The van der Waals surface area contributed by atoms with Gasteiger partial charge in [0.2, 0.25) is 0 Å². The second-order valence-electron chi connectivity index (χ2n) is 6.69. The molecule has 1 heterocycles. The third-order valence-electron chi connectivity index (χ3n) is 4.82. The molecule has 136 valence electrons. The van der Waals surface area contributed by atoms with E-state index in [2.05, 4.69) is 10.3 Å². The van der Waals surface area contributed by atoms with E-state index in [4.69, 9.17) is 0 Å². The van der Waals surface area contributed by atoms with Crippen molar-refractivity contribution in [1.29, 1.82) is 0 Å². The predicted octanol–water partition coefficient (Wildman–Crippen LogP) is 3.42. The number of hydrogen-bond acceptors (Lipinski definition) is 3. The van der Waals surface area contributed by atoms with E-state index in [1.165, 1.54) is 6.20 Å². The van der Waals surface area contributed by atoms with E-state index in [-0.39, 0.29) is 17.9 Å². The van der Waals surface area contributed by atoms with Crippen molar-refractivity contribution >= 4 is 11.8 Å². The van der Waals surface area contributed by atoms with Gasteiger partial charge in [0.25, 0.3) is 11.8 Å². The summed E-state index contributed by atoms with van der Waals surface area (Å²) >= 11 is 0. The molecule has 0 spiro atoms. The van der Waals surface area contributed by atoms with Crippen molar-refractivity contribution in [2.45, 2.75) is 45.2 Å². The third kappa shape index (κ3) is 4.48. The molecule has 1 aliphatic carbocycles. The van der Waals surface area contributed by atoms with Crippen molar-refractivity contribution in [2.75, 3.05) is 6.54 Å². The summed E-state index contributed by atoms with van der Waals surface area (Å²) in [5.74, 6) is -0.286. The van der Waals surface area contributed by atoms with Gasteiger partial charge >= 0.3 is 0 Å². The lowest BCUT2D eigenvalue weighted by Gasteiger charge is -2.21. The quantitative estimate of drug-likeness (QED) is 0.867. The van der Waals surface area contributed by atoms with Crippen LogP contribution in [0.1, 0.15) is 59.0 Å². The molecule has 1 N–H and O–H groups in total. The Hall–Kier alpha value is -2.69. The third-order valence-corrected chi connectivity index (χ3v) is 4.82. The number of rotatable bonds is 6. The monoisotopic (exact) mass is 351 g/mol. The number of pyridine rings is 1. The van der Waals surface area contributed by atoms with Gasteiger partial charge in [-0.1, -0.05) is 43.2 Å². The smallest absolute Gasteiger partial charge is 0.272 e. The van der Waals surface area contributed by atoms with Crippen LogP contribution in [-0.4, -0.2) is 34.3 Å². The Morgan fingerprint density at radius 2 is 1.88 bits per heavy atom. The Morgan fingerprint density at radius 1 is 1.15 bits per heavy atom. The Kier molecular flexibility index (Phi) is 6.00. The fourth-order valence-electron chi connectivity index (χ4n) is 3.32. The van der Waals surface area contributed by atoms with Crippen LogP contribution < -0.4 is 5.32 Å². The van der Waals surface area contributed by atoms with Crippen LogP contribution in [0.15, 0.2) is 48.7 Å². The van der Waals surface area contributed by atoms with Crippen LogP contribution in [0, 0.1) is 0 Å². The number of nitrogens with zero attached hydrogens (tertiary/aromatic N) is 2. The Bertz CT molecular complexity index is 755. The van der Waals surface area contributed by atoms with E-state index >= 15 is 0 Å². The molecule has 0 radical (unpaired) electrons. The predicted molar refractivity (Wildman–Crippen MR) is 101 cm³/mol. The molecule has 0 atom stereocenters. The van der Waals surface area contributed by atoms with E-state index in [0.29, 0.717) is 24.3 Å². The molecule has 0 saturated heterocycles. The number of amides is 2. The van der Waals surface area contributed by atoms with Crippen LogP contribution >= 0.6 is 0 Å². The molecule has 0 aliphatic heterocycles. The maximum absolute atomic E-state index is 12.8. The largest absolute Gasteiger partial charge is 0.349 e. The summed E-state index contributed by atoms with van der Waals surface area (Å²) < 4.78 is 0. The van der Waals surface area contributed by atoms with Crippen LogP contribution in [0.25, 0.3) is 0 Å². The first-order valence-corrected chi connectivity index (χ1v) is 9.27. The standard InChI is InChI=1S/C21H25N3O2/c1-2-24(15-16-8-4-3-5-9-16)21(26)19-14-17(12-13-22-19)20(25)23-18-10-6-7-11-18/h3-5,8-9,12-14,18H,2,6-7,10-11,15H2,1H3,(H,23,25). The second kappa shape index (κ2) is 8.61. The number of aromatic nitrogens is 1. The average Bonchev–Trinajstić information content (AvgIpc) is 3.19. The van der Waals surface area contributed by atoms with E-state index in [9.17, 15) is 9.59 Å². The molecule has 1 aromatic heterocycles. The minimum atomic E-state index is -0.160. The molecule has 3 rings (SSSR count). The van der Waals surface area contributed by atoms with Crippen molar-refractivity contribution in [3.8, 4) is 0 Å². The van der Waals surface area contributed by atoms with Gasteiger partial charge in [-0.15, -0.1) is 0 Å². The molecule has 5 heteroatoms. The van der Waals surface area contributed by atoms with Gasteiger partial charge in [-0.3, -0.25) is 14.6 Å². The fourth-order valence-corrected chi connectivity index (χ4v) is 3.32. The lowest BCUT2D eigenvalue weighted by Crippen LogP contribution is -2.33. The highest BCUT2D eigenvalue weighted by molar-refractivity contribution is 5.98. The molecule has 1 aromatic carbocycles. The lowest BCUT2D eigenvalue weighted by molar-refractivity contribution is 0.0746. The topological polar surface area (TPSA) is 62.3 Å². The van der Waals surface area contributed by atoms with Gasteiger partial charge < -0.3 is 10.2 Å². The molecule has 0 bridgehead atoms. The van der Waals surface area contributed by atoms with Gasteiger partial charge in [-0.2, -0.15) is 0 Å². The van der Waals surface area contributed by atoms with Crippen LogP contribution in [0.3, 0.4) is 0 Å². The van der Waals surface area contributed by atoms with Gasteiger partial charge in [0.1, 0.15) is 5.69 Å². The molecule has 1 aliphatic rings. The molecule has 26 heavy (non-hydrogen) atoms. The summed E-state index contributed by atoms with van der Waals surface area (Å²) in [6.45, 7) is 3.04. The first-order chi connectivity index (χ1) is 12.7. The Balaban J connectivity index is 1.71. The number of carbonyl (C=O) groups excluding carboxylic acids is 2. The number of nitrogens with one attached hydrogen (secondary N) is 1. The summed E-state index contributed by atoms with van der Waals surface area (Å²) in [5.41, 5.74) is 1.87. The highest BCUT2D eigenvalue weighted by Crippen LogP contribution is 2.18. The molecule has 0 unspecified atom stereocenters. The van der Waals surface area contributed by atoms with Crippen molar-refractivity contribution in [2.24, 2.45) is 0 Å². The van der Waals surface area contributed by atoms with Crippen molar-refractivity contribution in [3.05, 3.63) is 65.5 Å². The average molecular weight is 351 g/mol. The van der Waals surface area contributed by atoms with Crippen molar-refractivity contribution in [1.82, 2.24) is 15.2 Å². The lowest BCUT2D eigenvalue weighted by atomic mass is 10.1. The van der Waals surface area contributed by atoms with Gasteiger partial charge in [-0.25, -0.2) is 0 Å². The van der Waals surface area contributed by atoms with Crippen LogP contribution in [0.4, 0.5) is 0 Å². The molecule has 1 saturated carbocycles. The van der Waals surface area contributed by atoms with Crippen molar-refractivity contribution < 1.29 is 9.59 Å². The van der Waals surface area contributed by atoms with Crippen LogP contribution in [-0.2, 0) is 6.54 Å². The summed E-state index contributed by atoms with van der Waals surface area (Å²) in [7, 11) is 0. The van der Waals surface area contributed by atoms with E-state index in [1.54, 1.807) is 17.0 Å². The maximum Gasteiger partial charge on any atom is 0.272 e. The van der Waals surface area contributed by atoms with Crippen molar-refractivity contribution in [3.63, 3.8) is 0 Å². The number of benzene rings is 1. The summed E-state index contributed by atoms with van der Waals surface area (Å²) in [5, 5.41) is 3.05. The summed E-state index contributed by atoms with van der Waals surface area (Å²) in [4.78, 5) is 31.2. The first-order valence-electron chi connectivity index (χ1n) is 9.27. The molecular weight excluding hydrogens is 326 g/mol. The van der Waals surface area contributed by atoms with Crippen LogP contribution in [0.5, 0.6) is 0 Å². The number of hydrogen-bond donors (Lipinski definition) is 1. The van der Waals surface area contributed by atoms with E-state index in [1.807, 2.05) is 37.3 Å². The van der Waals surface area contributed by atoms with Gasteiger partial charge in [0.15, 0.2) is 0 Å². The summed E-state index contributed by atoms with van der Waals surface area (Å²) in [6.07, 6.45) is 5.92. The zero-order chi connectivity index (χ0) is 18.4. The maximum atomic E-state index is 12.8.